The van der Waals surface area contributed by atoms with Crippen LogP contribution in [0, 0.1) is 13.8 Å². The first-order chi connectivity index (χ1) is 13.1. The first-order valence-electron chi connectivity index (χ1n) is 9.14. The van der Waals surface area contributed by atoms with Crippen LogP contribution in [0.25, 0.3) is 5.69 Å². The van der Waals surface area contributed by atoms with Crippen molar-refractivity contribution in [1.29, 1.82) is 0 Å². The zero-order chi connectivity index (χ0) is 18.8. The highest BCUT2D eigenvalue weighted by atomic mass is 32.2. The van der Waals surface area contributed by atoms with Crippen LogP contribution in [0.2, 0.25) is 0 Å². The Bertz CT molecular complexity index is 978. The van der Waals surface area contributed by atoms with Crippen LogP contribution >= 0.6 is 11.8 Å². The van der Waals surface area contributed by atoms with Crippen LogP contribution in [0.15, 0.2) is 47.6 Å². The third-order valence-electron chi connectivity index (χ3n) is 4.80. The molecule has 2 aromatic carbocycles. The van der Waals surface area contributed by atoms with Gasteiger partial charge in [0.2, 0.25) is 5.91 Å². The lowest BCUT2D eigenvalue weighted by atomic mass is 10.1. The summed E-state index contributed by atoms with van der Waals surface area (Å²) in [5.41, 5.74) is 5.84. The molecule has 0 spiro atoms. The van der Waals surface area contributed by atoms with Crippen LogP contribution in [0.3, 0.4) is 0 Å². The second kappa shape index (κ2) is 7.56. The molecule has 1 aromatic heterocycles. The average molecular weight is 379 g/mol. The van der Waals surface area contributed by atoms with Gasteiger partial charge in [-0.25, -0.2) is 0 Å². The summed E-state index contributed by atoms with van der Waals surface area (Å²) in [5.74, 6) is 1.07. The molecule has 1 aliphatic rings. The fourth-order valence-electron chi connectivity index (χ4n) is 3.40. The van der Waals surface area contributed by atoms with Gasteiger partial charge in [0.05, 0.1) is 5.75 Å². The van der Waals surface area contributed by atoms with Gasteiger partial charge in [-0.2, -0.15) is 0 Å². The summed E-state index contributed by atoms with van der Waals surface area (Å²) in [6, 6.07) is 14.4. The van der Waals surface area contributed by atoms with E-state index in [1.807, 2.05) is 29.7 Å². The molecule has 1 heterocycles. The molecular weight excluding hydrogens is 356 g/mol. The number of aryl methyl sites for hydroxylation is 4. The number of thioether (sulfide) groups is 1. The average Bonchev–Trinajstić information content (AvgIpc) is 3.27. The first-order valence-corrected chi connectivity index (χ1v) is 10.1. The summed E-state index contributed by atoms with van der Waals surface area (Å²) >= 11 is 1.40. The number of nitrogens with one attached hydrogen (secondary N) is 1. The zero-order valence-corrected chi connectivity index (χ0v) is 16.3. The molecule has 0 unspecified atom stereocenters. The summed E-state index contributed by atoms with van der Waals surface area (Å²) in [4.78, 5) is 12.4. The molecule has 3 aromatic rings. The third-order valence-corrected chi connectivity index (χ3v) is 5.73. The Hall–Kier alpha value is -2.60. The smallest absolute Gasteiger partial charge is 0.234 e. The van der Waals surface area contributed by atoms with Crippen molar-refractivity contribution in [1.82, 2.24) is 14.8 Å². The van der Waals surface area contributed by atoms with E-state index in [2.05, 4.69) is 46.7 Å². The topological polar surface area (TPSA) is 59.8 Å². The molecule has 0 bridgehead atoms. The number of benzene rings is 2. The van der Waals surface area contributed by atoms with Crippen molar-refractivity contribution < 1.29 is 4.79 Å². The molecule has 138 valence electrons. The van der Waals surface area contributed by atoms with Crippen LogP contribution in [-0.4, -0.2) is 26.4 Å². The Labute approximate surface area is 163 Å². The Morgan fingerprint density at radius 3 is 2.67 bits per heavy atom. The Morgan fingerprint density at radius 2 is 1.85 bits per heavy atom. The van der Waals surface area contributed by atoms with Gasteiger partial charge in [0, 0.05) is 11.4 Å². The van der Waals surface area contributed by atoms with Gasteiger partial charge in [-0.15, -0.1) is 10.2 Å². The SMILES string of the molecule is Cc1ccc(-n2c(C)nnc2SCC(=O)Nc2ccc3c(c2)CCC3)cc1. The molecule has 5 nitrogen and oxygen atoms in total. The molecule has 27 heavy (non-hydrogen) atoms. The summed E-state index contributed by atoms with van der Waals surface area (Å²) in [6.07, 6.45) is 3.46. The van der Waals surface area contributed by atoms with Crippen LogP contribution < -0.4 is 5.32 Å². The minimum Gasteiger partial charge on any atom is -0.325 e. The van der Waals surface area contributed by atoms with E-state index < -0.39 is 0 Å². The fraction of sp³-hybridized carbons (Fsp3) is 0.286. The summed E-state index contributed by atoms with van der Waals surface area (Å²) in [5, 5.41) is 12.1. The van der Waals surface area contributed by atoms with Crippen LogP contribution in [0.5, 0.6) is 0 Å². The molecule has 1 aliphatic carbocycles. The molecule has 0 aliphatic heterocycles. The molecule has 0 saturated heterocycles. The van der Waals surface area contributed by atoms with Gasteiger partial charge in [-0.1, -0.05) is 35.5 Å². The van der Waals surface area contributed by atoms with E-state index in [4.69, 9.17) is 0 Å². The van der Waals surface area contributed by atoms with Crippen molar-refractivity contribution in [3.05, 3.63) is 65.0 Å². The monoisotopic (exact) mass is 378 g/mol. The van der Waals surface area contributed by atoms with Gasteiger partial charge in [0.1, 0.15) is 5.82 Å². The molecule has 0 saturated carbocycles. The minimum atomic E-state index is -0.0333. The lowest BCUT2D eigenvalue weighted by Crippen LogP contribution is -2.14. The van der Waals surface area contributed by atoms with Gasteiger partial charge in [0.25, 0.3) is 0 Å². The highest BCUT2D eigenvalue weighted by Gasteiger charge is 2.15. The molecule has 0 radical (unpaired) electrons. The largest absolute Gasteiger partial charge is 0.325 e. The number of hydrogen-bond donors (Lipinski definition) is 1. The summed E-state index contributed by atoms with van der Waals surface area (Å²) < 4.78 is 1.98. The van der Waals surface area contributed by atoms with Crippen molar-refractivity contribution >= 4 is 23.4 Å². The van der Waals surface area contributed by atoms with Crippen molar-refractivity contribution in [2.24, 2.45) is 0 Å². The number of carbonyl (C=O) groups excluding carboxylic acids is 1. The second-order valence-electron chi connectivity index (χ2n) is 6.87. The maximum Gasteiger partial charge on any atom is 0.234 e. The van der Waals surface area contributed by atoms with Gasteiger partial charge in [-0.05, 0) is 68.5 Å². The molecule has 0 atom stereocenters. The maximum absolute atomic E-state index is 12.4. The van der Waals surface area contributed by atoms with E-state index in [1.54, 1.807) is 0 Å². The predicted octanol–water partition coefficient (Wildman–Crippen LogP) is 4.10. The number of aromatic nitrogens is 3. The van der Waals surface area contributed by atoms with Gasteiger partial charge >= 0.3 is 0 Å². The standard InChI is InChI=1S/C21H22N4OS/c1-14-6-10-19(11-7-14)25-15(2)23-24-21(25)27-13-20(26)22-18-9-8-16-4-3-5-17(16)12-18/h6-12H,3-5,13H2,1-2H3,(H,22,26). The lowest BCUT2D eigenvalue weighted by molar-refractivity contribution is -0.113. The van der Waals surface area contributed by atoms with Gasteiger partial charge in [-0.3, -0.25) is 9.36 Å². The number of hydrogen-bond acceptors (Lipinski definition) is 4. The number of amides is 1. The second-order valence-corrected chi connectivity index (χ2v) is 7.82. The normalized spacial score (nSPS) is 12.8. The number of carbonyl (C=O) groups is 1. The van der Waals surface area contributed by atoms with Crippen molar-refractivity contribution in [2.45, 2.75) is 38.3 Å². The lowest BCUT2D eigenvalue weighted by Gasteiger charge is -2.09. The fourth-order valence-corrected chi connectivity index (χ4v) is 4.20. The highest BCUT2D eigenvalue weighted by molar-refractivity contribution is 7.99. The van der Waals surface area contributed by atoms with E-state index in [-0.39, 0.29) is 5.91 Å². The number of anilines is 1. The van der Waals surface area contributed by atoms with Crippen LogP contribution in [0.4, 0.5) is 5.69 Å². The summed E-state index contributed by atoms with van der Waals surface area (Å²) in [7, 11) is 0. The summed E-state index contributed by atoms with van der Waals surface area (Å²) in [6.45, 7) is 3.98. The van der Waals surface area contributed by atoms with Crippen molar-refractivity contribution in [3.63, 3.8) is 0 Å². The molecule has 4 rings (SSSR count). The minimum absolute atomic E-state index is 0.0333. The van der Waals surface area contributed by atoms with E-state index in [0.717, 1.165) is 35.2 Å². The Morgan fingerprint density at radius 1 is 1.07 bits per heavy atom. The van der Waals surface area contributed by atoms with E-state index in [9.17, 15) is 4.79 Å². The van der Waals surface area contributed by atoms with Crippen molar-refractivity contribution in [2.75, 3.05) is 11.1 Å². The molecule has 1 amide bonds. The Kier molecular flexibility index (Phi) is 4.99. The molecule has 0 fully saturated rings. The quantitative estimate of drug-likeness (QED) is 0.679. The number of nitrogens with zero attached hydrogens (tertiary/aromatic N) is 3. The number of fused-ring (bicyclic) bond motifs is 1. The van der Waals surface area contributed by atoms with Crippen LogP contribution in [0.1, 0.15) is 28.9 Å². The van der Waals surface area contributed by atoms with E-state index in [1.165, 1.54) is 34.9 Å². The van der Waals surface area contributed by atoms with E-state index >= 15 is 0 Å². The van der Waals surface area contributed by atoms with E-state index in [0.29, 0.717) is 5.75 Å². The third kappa shape index (κ3) is 3.90. The van der Waals surface area contributed by atoms with Crippen molar-refractivity contribution in [3.8, 4) is 5.69 Å². The number of rotatable bonds is 5. The predicted molar refractivity (Wildman–Crippen MR) is 109 cm³/mol. The van der Waals surface area contributed by atoms with Gasteiger partial charge < -0.3 is 5.32 Å². The maximum atomic E-state index is 12.4. The van der Waals surface area contributed by atoms with Crippen LogP contribution in [-0.2, 0) is 17.6 Å². The zero-order valence-electron chi connectivity index (χ0n) is 15.5. The molecular formula is C21H22N4OS. The first kappa shape index (κ1) is 17.8. The Balaban J connectivity index is 1.43. The molecule has 1 N–H and O–H groups in total. The molecule has 6 heteroatoms. The van der Waals surface area contributed by atoms with Gasteiger partial charge in [0.15, 0.2) is 5.16 Å². The highest BCUT2D eigenvalue weighted by Crippen LogP contribution is 2.26.